The SMILES string of the molecule is COc1cc(OC)cc(-c2[nH]nc3c2CCCCN3)c1. The van der Waals surface area contributed by atoms with Crippen molar-refractivity contribution in [3.05, 3.63) is 23.8 Å². The second kappa shape index (κ2) is 5.45. The average Bonchev–Trinajstić information content (AvgIpc) is 2.75. The number of methoxy groups -OCH3 is 2. The topological polar surface area (TPSA) is 59.2 Å². The van der Waals surface area contributed by atoms with Crippen molar-refractivity contribution in [3.63, 3.8) is 0 Å². The number of benzene rings is 1. The van der Waals surface area contributed by atoms with Gasteiger partial charge in [-0.25, -0.2) is 0 Å². The number of rotatable bonds is 3. The van der Waals surface area contributed by atoms with E-state index in [0.29, 0.717) is 0 Å². The maximum absolute atomic E-state index is 5.33. The van der Waals surface area contributed by atoms with Crippen LogP contribution < -0.4 is 14.8 Å². The first-order chi connectivity index (χ1) is 9.81. The van der Waals surface area contributed by atoms with E-state index in [1.54, 1.807) is 14.2 Å². The first kappa shape index (κ1) is 12.8. The highest BCUT2D eigenvalue weighted by Crippen LogP contribution is 2.34. The van der Waals surface area contributed by atoms with E-state index in [2.05, 4.69) is 15.5 Å². The maximum atomic E-state index is 5.33. The van der Waals surface area contributed by atoms with Gasteiger partial charge in [-0.3, -0.25) is 5.10 Å². The van der Waals surface area contributed by atoms with Gasteiger partial charge in [0.25, 0.3) is 0 Å². The highest BCUT2D eigenvalue weighted by Gasteiger charge is 2.17. The summed E-state index contributed by atoms with van der Waals surface area (Å²) in [7, 11) is 3.32. The zero-order chi connectivity index (χ0) is 13.9. The van der Waals surface area contributed by atoms with Crippen molar-refractivity contribution in [2.75, 3.05) is 26.1 Å². The molecule has 0 unspecified atom stereocenters. The van der Waals surface area contributed by atoms with Gasteiger partial charge in [0, 0.05) is 23.7 Å². The number of hydrogen-bond donors (Lipinski definition) is 2. The number of fused-ring (bicyclic) bond motifs is 1. The van der Waals surface area contributed by atoms with Gasteiger partial charge in [0.05, 0.1) is 19.9 Å². The molecule has 2 aromatic rings. The molecule has 2 N–H and O–H groups in total. The van der Waals surface area contributed by atoms with Crippen LogP contribution in [0.2, 0.25) is 0 Å². The summed E-state index contributed by atoms with van der Waals surface area (Å²) in [5.41, 5.74) is 3.34. The van der Waals surface area contributed by atoms with E-state index in [0.717, 1.165) is 41.5 Å². The number of nitrogens with one attached hydrogen (secondary N) is 2. The molecule has 1 aliphatic heterocycles. The number of H-pyrrole nitrogens is 1. The van der Waals surface area contributed by atoms with Crippen molar-refractivity contribution in [3.8, 4) is 22.8 Å². The molecule has 3 rings (SSSR count). The molecule has 0 saturated carbocycles. The highest BCUT2D eigenvalue weighted by atomic mass is 16.5. The van der Waals surface area contributed by atoms with Crippen molar-refractivity contribution in [2.24, 2.45) is 0 Å². The predicted octanol–water partition coefficient (Wildman–Crippen LogP) is 2.84. The summed E-state index contributed by atoms with van der Waals surface area (Å²) in [4.78, 5) is 0. The molecule has 0 saturated heterocycles. The molecule has 2 heterocycles. The molecule has 1 aromatic carbocycles. The van der Waals surface area contributed by atoms with Crippen LogP contribution in [0.15, 0.2) is 18.2 Å². The van der Waals surface area contributed by atoms with Gasteiger partial charge in [-0.1, -0.05) is 0 Å². The number of aromatic amines is 1. The first-order valence-electron chi connectivity index (χ1n) is 6.86. The first-order valence-corrected chi connectivity index (χ1v) is 6.86. The second-order valence-corrected chi connectivity index (χ2v) is 4.91. The Morgan fingerprint density at radius 3 is 2.50 bits per heavy atom. The Hall–Kier alpha value is -2.17. The summed E-state index contributed by atoms with van der Waals surface area (Å²) in [5.74, 6) is 2.54. The highest BCUT2D eigenvalue weighted by molar-refractivity contribution is 5.71. The monoisotopic (exact) mass is 273 g/mol. The van der Waals surface area contributed by atoms with E-state index in [1.807, 2.05) is 18.2 Å². The quantitative estimate of drug-likeness (QED) is 0.902. The summed E-state index contributed by atoms with van der Waals surface area (Å²) in [6, 6.07) is 5.87. The zero-order valence-electron chi connectivity index (χ0n) is 11.8. The molecule has 20 heavy (non-hydrogen) atoms. The van der Waals surface area contributed by atoms with Gasteiger partial charge in [0.15, 0.2) is 5.82 Å². The summed E-state index contributed by atoms with van der Waals surface area (Å²) in [6.45, 7) is 0.985. The van der Waals surface area contributed by atoms with Gasteiger partial charge >= 0.3 is 0 Å². The molecular formula is C15H19N3O2. The van der Waals surface area contributed by atoms with Crippen LogP contribution in [-0.2, 0) is 6.42 Å². The fraction of sp³-hybridized carbons (Fsp3) is 0.400. The second-order valence-electron chi connectivity index (χ2n) is 4.91. The lowest BCUT2D eigenvalue weighted by Gasteiger charge is -2.09. The van der Waals surface area contributed by atoms with Gasteiger partial charge in [-0.05, 0) is 31.4 Å². The minimum absolute atomic E-state index is 0.782. The predicted molar refractivity (Wildman–Crippen MR) is 78.6 cm³/mol. The van der Waals surface area contributed by atoms with E-state index < -0.39 is 0 Å². The standard InChI is InChI=1S/C15H19N3O2/c1-19-11-7-10(8-12(9-11)20-2)14-13-5-3-4-6-16-15(13)18-17-14/h7-9H,3-6H2,1-2H3,(H2,16,17,18). The van der Waals surface area contributed by atoms with Crippen LogP contribution in [0.5, 0.6) is 11.5 Å². The van der Waals surface area contributed by atoms with Crippen molar-refractivity contribution in [1.82, 2.24) is 10.2 Å². The molecule has 0 amide bonds. The molecule has 1 aromatic heterocycles. The molecule has 1 aliphatic rings. The number of aromatic nitrogens is 2. The Balaban J connectivity index is 2.06. The molecule has 0 bridgehead atoms. The summed E-state index contributed by atoms with van der Waals surface area (Å²) in [6.07, 6.45) is 3.39. The maximum Gasteiger partial charge on any atom is 0.151 e. The number of anilines is 1. The van der Waals surface area contributed by atoms with Crippen molar-refractivity contribution >= 4 is 5.82 Å². The van der Waals surface area contributed by atoms with E-state index in [9.17, 15) is 0 Å². The van der Waals surface area contributed by atoms with Crippen molar-refractivity contribution < 1.29 is 9.47 Å². The number of ether oxygens (including phenoxy) is 2. The summed E-state index contributed by atoms with van der Waals surface area (Å²) < 4.78 is 10.7. The molecule has 0 atom stereocenters. The van der Waals surface area contributed by atoms with E-state index >= 15 is 0 Å². The minimum Gasteiger partial charge on any atom is -0.497 e. The molecular weight excluding hydrogens is 254 g/mol. The van der Waals surface area contributed by atoms with E-state index in [-0.39, 0.29) is 0 Å². The van der Waals surface area contributed by atoms with Gasteiger partial charge in [-0.2, -0.15) is 5.10 Å². The van der Waals surface area contributed by atoms with Gasteiger partial charge in [0.2, 0.25) is 0 Å². The van der Waals surface area contributed by atoms with Crippen LogP contribution in [0.3, 0.4) is 0 Å². The van der Waals surface area contributed by atoms with Crippen molar-refractivity contribution in [2.45, 2.75) is 19.3 Å². The molecule has 0 spiro atoms. The molecule has 0 fully saturated rings. The van der Waals surface area contributed by atoms with Crippen LogP contribution >= 0.6 is 0 Å². The van der Waals surface area contributed by atoms with Gasteiger partial charge in [-0.15, -0.1) is 0 Å². The van der Waals surface area contributed by atoms with Crippen LogP contribution in [-0.4, -0.2) is 31.0 Å². The fourth-order valence-electron chi connectivity index (χ4n) is 2.58. The lowest BCUT2D eigenvalue weighted by molar-refractivity contribution is 0.394. The normalized spacial score (nSPS) is 14.1. The van der Waals surface area contributed by atoms with Crippen LogP contribution in [0, 0.1) is 0 Å². The average molecular weight is 273 g/mol. The third kappa shape index (κ3) is 2.31. The minimum atomic E-state index is 0.782. The summed E-state index contributed by atoms with van der Waals surface area (Å²) >= 11 is 0. The number of nitrogens with zero attached hydrogens (tertiary/aromatic N) is 1. The Morgan fingerprint density at radius 2 is 1.80 bits per heavy atom. The van der Waals surface area contributed by atoms with Crippen molar-refractivity contribution in [1.29, 1.82) is 0 Å². The van der Waals surface area contributed by atoms with Gasteiger partial charge < -0.3 is 14.8 Å². The third-order valence-corrected chi connectivity index (χ3v) is 3.65. The van der Waals surface area contributed by atoms with Gasteiger partial charge in [0.1, 0.15) is 11.5 Å². The lowest BCUT2D eigenvalue weighted by atomic mass is 10.0. The Kier molecular flexibility index (Phi) is 3.50. The van der Waals surface area contributed by atoms with Crippen LogP contribution in [0.4, 0.5) is 5.82 Å². The molecule has 5 heteroatoms. The smallest absolute Gasteiger partial charge is 0.151 e. The van der Waals surface area contributed by atoms with Crippen LogP contribution in [0.1, 0.15) is 18.4 Å². The molecule has 0 aliphatic carbocycles. The summed E-state index contributed by atoms with van der Waals surface area (Å²) in [5, 5.41) is 10.9. The van der Waals surface area contributed by atoms with E-state index in [4.69, 9.17) is 9.47 Å². The molecule has 5 nitrogen and oxygen atoms in total. The largest absolute Gasteiger partial charge is 0.497 e. The zero-order valence-corrected chi connectivity index (χ0v) is 11.8. The Bertz CT molecular complexity index is 585. The van der Waals surface area contributed by atoms with Crippen LogP contribution in [0.25, 0.3) is 11.3 Å². The third-order valence-electron chi connectivity index (χ3n) is 3.65. The Labute approximate surface area is 118 Å². The molecule has 0 radical (unpaired) electrons. The number of hydrogen-bond acceptors (Lipinski definition) is 4. The fourth-order valence-corrected chi connectivity index (χ4v) is 2.58. The Morgan fingerprint density at radius 1 is 1.05 bits per heavy atom. The van der Waals surface area contributed by atoms with E-state index in [1.165, 1.54) is 18.4 Å². The molecule has 106 valence electrons. The lowest BCUT2D eigenvalue weighted by Crippen LogP contribution is -1.99.